The smallest absolute Gasteiger partial charge is 0.224 e. The molecule has 1 amide bonds. The minimum atomic E-state index is 0.0577. The number of benzene rings is 2. The fourth-order valence-electron chi connectivity index (χ4n) is 2.87. The van der Waals surface area contributed by atoms with Crippen LogP contribution in [0.2, 0.25) is 0 Å². The minimum absolute atomic E-state index is 0.0577. The molecule has 0 spiro atoms. The van der Waals surface area contributed by atoms with Gasteiger partial charge in [0.25, 0.3) is 0 Å². The summed E-state index contributed by atoms with van der Waals surface area (Å²) in [5.41, 5.74) is 4.60. The summed E-state index contributed by atoms with van der Waals surface area (Å²) >= 11 is 0. The number of hydrogen-bond donors (Lipinski definition) is 1. The van der Waals surface area contributed by atoms with Gasteiger partial charge in [-0.1, -0.05) is 42.0 Å². The van der Waals surface area contributed by atoms with Gasteiger partial charge < -0.3 is 15.1 Å². The van der Waals surface area contributed by atoms with Crippen LogP contribution < -0.4 is 10.2 Å². The van der Waals surface area contributed by atoms with Crippen molar-refractivity contribution in [2.45, 2.75) is 19.4 Å². The molecule has 0 heterocycles. The first-order chi connectivity index (χ1) is 11.9. The molecule has 0 saturated carbocycles. The van der Waals surface area contributed by atoms with Crippen LogP contribution in [0.15, 0.2) is 48.5 Å². The lowest BCUT2D eigenvalue weighted by Crippen LogP contribution is -2.35. The van der Waals surface area contributed by atoms with E-state index in [1.165, 1.54) is 16.8 Å². The second kappa shape index (κ2) is 8.67. The Bertz CT molecular complexity index is 693. The van der Waals surface area contributed by atoms with Crippen LogP contribution in [-0.4, -0.2) is 45.5 Å². The summed E-state index contributed by atoms with van der Waals surface area (Å²) < 4.78 is 0. The third-order valence-electron chi connectivity index (χ3n) is 4.36. The largest absolute Gasteiger partial charge is 0.378 e. The van der Waals surface area contributed by atoms with Gasteiger partial charge in [0.15, 0.2) is 0 Å². The molecule has 1 unspecified atom stereocenters. The van der Waals surface area contributed by atoms with E-state index in [9.17, 15) is 4.79 Å². The lowest BCUT2D eigenvalue weighted by molar-refractivity contribution is -0.120. The Kier molecular flexibility index (Phi) is 6.59. The molecule has 2 aromatic rings. The van der Waals surface area contributed by atoms with Crippen LogP contribution in [0.25, 0.3) is 0 Å². The highest BCUT2D eigenvalue weighted by molar-refractivity contribution is 5.78. The van der Waals surface area contributed by atoms with Gasteiger partial charge in [-0.05, 0) is 44.3 Å². The topological polar surface area (TPSA) is 35.6 Å². The van der Waals surface area contributed by atoms with Gasteiger partial charge in [0.1, 0.15) is 0 Å². The van der Waals surface area contributed by atoms with Crippen molar-refractivity contribution in [3.8, 4) is 0 Å². The summed E-state index contributed by atoms with van der Waals surface area (Å²) in [6.07, 6.45) is 0.418. The van der Waals surface area contributed by atoms with Gasteiger partial charge in [0.2, 0.25) is 5.91 Å². The Labute approximate surface area is 151 Å². The summed E-state index contributed by atoms with van der Waals surface area (Å²) in [5, 5.41) is 3.08. The fraction of sp³-hybridized carbons (Fsp3) is 0.381. The van der Waals surface area contributed by atoms with Gasteiger partial charge in [0.05, 0.1) is 12.5 Å². The molecule has 0 radical (unpaired) electrons. The molecule has 0 aliphatic carbocycles. The van der Waals surface area contributed by atoms with Crippen molar-refractivity contribution < 1.29 is 4.79 Å². The van der Waals surface area contributed by atoms with Crippen molar-refractivity contribution in [3.05, 3.63) is 65.2 Å². The molecule has 134 valence electrons. The van der Waals surface area contributed by atoms with Crippen LogP contribution in [0.4, 0.5) is 5.69 Å². The van der Waals surface area contributed by atoms with E-state index in [4.69, 9.17) is 0 Å². The van der Waals surface area contributed by atoms with Crippen LogP contribution in [0, 0.1) is 6.92 Å². The number of carbonyl (C=O) groups excluding carboxylic acids is 1. The normalized spacial score (nSPS) is 12.1. The molecule has 0 fully saturated rings. The van der Waals surface area contributed by atoms with Crippen molar-refractivity contribution in [2.24, 2.45) is 0 Å². The van der Waals surface area contributed by atoms with Gasteiger partial charge in [-0.15, -0.1) is 0 Å². The zero-order valence-electron chi connectivity index (χ0n) is 15.9. The number of nitrogens with zero attached hydrogens (tertiary/aromatic N) is 2. The number of hydrogen-bond acceptors (Lipinski definition) is 3. The molecular weight excluding hydrogens is 310 g/mol. The van der Waals surface area contributed by atoms with E-state index in [1.54, 1.807) is 0 Å². The zero-order chi connectivity index (χ0) is 18.4. The number of aryl methyl sites for hydroxylation is 1. The maximum Gasteiger partial charge on any atom is 0.224 e. The number of likely N-dealkylation sites (N-methyl/N-ethyl adjacent to an activating group) is 1. The Morgan fingerprint density at radius 2 is 1.72 bits per heavy atom. The van der Waals surface area contributed by atoms with Gasteiger partial charge in [-0.25, -0.2) is 0 Å². The predicted molar refractivity (Wildman–Crippen MR) is 105 cm³/mol. The lowest BCUT2D eigenvalue weighted by atomic mass is 10.0. The van der Waals surface area contributed by atoms with Crippen LogP contribution >= 0.6 is 0 Å². The maximum atomic E-state index is 12.3. The number of nitrogens with one attached hydrogen (secondary N) is 1. The maximum absolute atomic E-state index is 12.3. The molecule has 0 saturated heterocycles. The summed E-state index contributed by atoms with van der Waals surface area (Å²) in [7, 11) is 8.14. The molecule has 0 aromatic heterocycles. The second-order valence-electron chi connectivity index (χ2n) is 6.94. The Balaban J connectivity index is 1.98. The molecule has 0 bridgehead atoms. The molecular formula is C21H29N3O. The van der Waals surface area contributed by atoms with E-state index in [-0.39, 0.29) is 11.9 Å². The molecule has 0 aliphatic rings. The summed E-state index contributed by atoms with van der Waals surface area (Å²) in [4.78, 5) is 16.5. The first kappa shape index (κ1) is 19.0. The standard InChI is InChI=1S/C21H29N3O/c1-16-7-6-8-17(13-16)14-21(25)22-15-20(24(4)5)18-9-11-19(12-10-18)23(2)3/h6-13,20H,14-15H2,1-5H3,(H,22,25). The Morgan fingerprint density at radius 1 is 1.04 bits per heavy atom. The first-order valence-electron chi connectivity index (χ1n) is 8.63. The second-order valence-corrected chi connectivity index (χ2v) is 6.94. The number of rotatable bonds is 7. The van der Waals surface area contributed by atoms with Crippen LogP contribution in [0.5, 0.6) is 0 Å². The van der Waals surface area contributed by atoms with Crippen LogP contribution in [0.1, 0.15) is 22.7 Å². The van der Waals surface area contributed by atoms with Crippen molar-refractivity contribution in [1.29, 1.82) is 0 Å². The fourth-order valence-corrected chi connectivity index (χ4v) is 2.87. The average molecular weight is 339 g/mol. The number of carbonyl (C=O) groups is 1. The molecule has 1 N–H and O–H groups in total. The SMILES string of the molecule is Cc1cccc(CC(=O)NCC(c2ccc(N(C)C)cc2)N(C)C)c1. The van der Waals surface area contributed by atoms with Crippen molar-refractivity contribution in [2.75, 3.05) is 39.6 Å². The van der Waals surface area contributed by atoms with E-state index >= 15 is 0 Å². The van der Waals surface area contributed by atoms with E-state index in [0.29, 0.717) is 13.0 Å². The molecule has 2 aromatic carbocycles. The van der Waals surface area contributed by atoms with Crippen LogP contribution in [0.3, 0.4) is 0 Å². The zero-order valence-corrected chi connectivity index (χ0v) is 15.9. The molecule has 0 aliphatic heterocycles. The third kappa shape index (κ3) is 5.61. The Morgan fingerprint density at radius 3 is 2.28 bits per heavy atom. The van der Waals surface area contributed by atoms with Crippen molar-refractivity contribution in [3.63, 3.8) is 0 Å². The molecule has 4 nitrogen and oxygen atoms in total. The highest BCUT2D eigenvalue weighted by atomic mass is 16.1. The van der Waals surface area contributed by atoms with Gasteiger partial charge in [-0.2, -0.15) is 0 Å². The summed E-state index contributed by atoms with van der Waals surface area (Å²) in [6.45, 7) is 2.64. The lowest BCUT2D eigenvalue weighted by Gasteiger charge is -2.26. The van der Waals surface area contributed by atoms with Gasteiger partial charge >= 0.3 is 0 Å². The highest BCUT2D eigenvalue weighted by Crippen LogP contribution is 2.21. The number of anilines is 1. The monoisotopic (exact) mass is 339 g/mol. The minimum Gasteiger partial charge on any atom is -0.378 e. The molecule has 1 atom stereocenters. The van der Waals surface area contributed by atoms with E-state index < -0.39 is 0 Å². The molecule has 25 heavy (non-hydrogen) atoms. The quantitative estimate of drug-likeness (QED) is 0.842. The highest BCUT2D eigenvalue weighted by Gasteiger charge is 2.15. The number of amides is 1. The third-order valence-corrected chi connectivity index (χ3v) is 4.36. The summed E-state index contributed by atoms with van der Waals surface area (Å²) in [5.74, 6) is 0.0577. The average Bonchev–Trinajstić information content (AvgIpc) is 2.55. The summed E-state index contributed by atoms with van der Waals surface area (Å²) in [6, 6.07) is 16.7. The van der Waals surface area contributed by atoms with Crippen molar-refractivity contribution >= 4 is 11.6 Å². The van der Waals surface area contributed by atoms with Crippen LogP contribution in [-0.2, 0) is 11.2 Å². The Hall–Kier alpha value is -2.33. The van der Waals surface area contributed by atoms with Gasteiger partial charge in [0, 0.05) is 26.3 Å². The first-order valence-corrected chi connectivity index (χ1v) is 8.63. The van der Waals surface area contributed by atoms with Gasteiger partial charge in [-0.3, -0.25) is 4.79 Å². The van der Waals surface area contributed by atoms with E-state index in [0.717, 1.165) is 5.56 Å². The van der Waals surface area contributed by atoms with E-state index in [2.05, 4.69) is 45.4 Å². The molecule has 2 rings (SSSR count). The molecule has 4 heteroatoms. The van der Waals surface area contributed by atoms with Crippen molar-refractivity contribution in [1.82, 2.24) is 10.2 Å². The van der Waals surface area contributed by atoms with E-state index in [1.807, 2.05) is 53.3 Å². The predicted octanol–water partition coefficient (Wildman–Crippen LogP) is 3.02.